The molecular weight excluding hydrogens is 354 g/mol. The molecule has 142 valence electrons. The first-order valence-electron chi connectivity index (χ1n) is 8.93. The number of hydrazine groups is 1. The van der Waals surface area contributed by atoms with Gasteiger partial charge in [-0.15, -0.1) is 0 Å². The van der Waals surface area contributed by atoms with Gasteiger partial charge in [-0.25, -0.2) is 14.8 Å². The molecule has 3 heterocycles. The third kappa shape index (κ3) is 2.84. The van der Waals surface area contributed by atoms with Gasteiger partial charge in [0.15, 0.2) is 6.23 Å². The highest BCUT2D eigenvalue weighted by Crippen LogP contribution is 2.31. The molecule has 0 radical (unpaired) electrons. The summed E-state index contributed by atoms with van der Waals surface area (Å²) in [4.78, 5) is 50.9. The summed E-state index contributed by atoms with van der Waals surface area (Å²) >= 11 is 0. The quantitative estimate of drug-likeness (QED) is 0.615. The van der Waals surface area contributed by atoms with Crippen molar-refractivity contribution in [1.29, 1.82) is 0 Å². The van der Waals surface area contributed by atoms with E-state index in [0.29, 0.717) is 38.8 Å². The van der Waals surface area contributed by atoms with Gasteiger partial charge in [-0.2, -0.15) is 0 Å². The predicted octanol–water partition coefficient (Wildman–Crippen LogP) is 1.31. The number of carbonyl (C=O) groups excluding carboxylic acids is 3. The van der Waals surface area contributed by atoms with Gasteiger partial charge in [-0.05, 0) is 31.4 Å². The maximum atomic E-state index is 13.3. The van der Waals surface area contributed by atoms with Crippen molar-refractivity contribution in [3.63, 3.8) is 0 Å². The zero-order chi connectivity index (χ0) is 19.1. The summed E-state index contributed by atoms with van der Waals surface area (Å²) in [5, 5.41) is 12.0. The Morgan fingerprint density at radius 2 is 1.59 bits per heavy atom. The van der Waals surface area contributed by atoms with Gasteiger partial charge in [0.05, 0.1) is 11.1 Å². The summed E-state index contributed by atoms with van der Waals surface area (Å²) in [5.41, 5.74) is 0.571. The van der Waals surface area contributed by atoms with Gasteiger partial charge in [0.2, 0.25) is 0 Å². The van der Waals surface area contributed by atoms with Crippen molar-refractivity contribution in [2.24, 2.45) is 0 Å². The minimum atomic E-state index is -1.46. The first kappa shape index (κ1) is 17.5. The minimum Gasteiger partial charge on any atom is -0.450 e. The number of carboxylic acid groups (broad SMARTS) is 1. The number of fused-ring (bicyclic) bond motifs is 2. The van der Waals surface area contributed by atoms with Crippen LogP contribution in [0.3, 0.4) is 0 Å². The largest absolute Gasteiger partial charge is 0.507 e. The number of carbonyl (C=O) groups is 4. The molecule has 9 heteroatoms. The van der Waals surface area contributed by atoms with E-state index in [1.54, 1.807) is 29.3 Å². The Labute approximate surface area is 155 Å². The summed E-state index contributed by atoms with van der Waals surface area (Å²) in [6, 6.07) is 5.51. The number of rotatable bonds is 2. The average Bonchev–Trinajstić information content (AvgIpc) is 2.78. The molecule has 1 N–H and O–H groups in total. The number of imide groups is 1. The summed E-state index contributed by atoms with van der Waals surface area (Å²) in [6.45, 7) is 1.13. The van der Waals surface area contributed by atoms with Crippen LogP contribution < -0.4 is 0 Å². The highest BCUT2D eigenvalue weighted by Gasteiger charge is 2.48. The Morgan fingerprint density at radius 1 is 1.00 bits per heavy atom. The molecule has 3 aliphatic heterocycles. The molecule has 2 fully saturated rings. The summed E-state index contributed by atoms with van der Waals surface area (Å²) in [6.07, 6.45) is -0.407. The van der Waals surface area contributed by atoms with Crippen molar-refractivity contribution in [3.05, 3.63) is 35.4 Å². The van der Waals surface area contributed by atoms with Crippen LogP contribution in [0.15, 0.2) is 24.3 Å². The fraction of sp³-hybridized carbons (Fsp3) is 0.444. The van der Waals surface area contributed by atoms with E-state index < -0.39 is 36.1 Å². The monoisotopic (exact) mass is 373 g/mol. The average molecular weight is 373 g/mol. The maximum absolute atomic E-state index is 13.3. The van der Waals surface area contributed by atoms with Gasteiger partial charge in [-0.1, -0.05) is 12.1 Å². The van der Waals surface area contributed by atoms with E-state index in [-0.39, 0.29) is 11.1 Å². The van der Waals surface area contributed by atoms with Crippen molar-refractivity contribution in [3.8, 4) is 0 Å². The van der Waals surface area contributed by atoms with E-state index >= 15 is 0 Å². The molecule has 2 saturated heterocycles. The second kappa shape index (κ2) is 6.66. The van der Waals surface area contributed by atoms with Gasteiger partial charge in [0, 0.05) is 19.5 Å². The van der Waals surface area contributed by atoms with Crippen molar-refractivity contribution in [2.45, 2.75) is 38.0 Å². The van der Waals surface area contributed by atoms with Crippen molar-refractivity contribution >= 4 is 23.9 Å². The maximum Gasteiger partial charge on any atom is 0.507 e. The lowest BCUT2D eigenvalue weighted by atomic mass is 10.1. The van der Waals surface area contributed by atoms with Crippen LogP contribution in [-0.2, 0) is 9.53 Å². The second-order valence-electron chi connectivity index (χ2n) is 6.80. The SMILES string of the molecule is O=C(O)O[C@@H]1CCCN2CCC[C@H](N3C(=O)c4ccccc4C3=O)C(=O)N12. The number of ether oxygens (including phenoxy) is 1. The van der Waals surface area contributed by atoms with Gasteiger partial charge >= 0.3 is 6.16 Å². The van der Waals surface area contributed by atoms with Crippen LogP contribution >= 0.6 is 0 Å². The Morgan fingerprint density at radius 3 is 2.19 bits per heavy atom. The van der Waals surface area contributed by atoms with E-state index in [2.05, 4.69) is 0 Å². The van der Waals surface area contributed by atoms with E-state index in [1.807, 2.05) is 0 Å². The van der Waals surface area contributed by atoms with Crippen LogP contribution in [0.4, 0.5) is 4.79 Å². The van der Waals surface area contributed by atoms with E-state index in [9.17, 15) is 19.2 Å². The molecule has 3 amide bonds. The molecular formula is C18H19N3O6. The third-order valence-corrected chi connectivity index (χ3v) is 5.22. The highest BCUT2D eigenvalue weighted by molar-refractivity contribution is 6.22. The Balaban J connectivity index is 1.66. The fourth-order valence-electron chi connectivity index (χ4n) is 4.06. The van der Waals surface area contributed by atoms with Crippen molar-refractivity contribution < 1.29 is 29.0 Å². The number of amides is 3. The number of hydrogen-bond donors (Lipinski definition) is 1. The molecule has 0 aliphatic carbocycles. The molecule has 1 aromatic rings. The first-order chi connectivity index (χ1) is 13.0. The Hall–Kier alpha value is -2.94. The standard InChI is InChI=1S/C18H19N3O6/c22-15-11-5-1-2-6-12(11)16(23)20(15)13-7-3-9-19-10-4-8-14(27-18(25)26)21(19)17(13)24/h1-2,5-6,13-14H,3-4,7-10H2,(H,25,26)/t13-,14+/m0/s1. The zero-order valence-electron chi connectivity index (χ0n) is 14.5. The predicted molar refractivity (Wildman–Crippen MR) is 90.5 cm³/mol. The van der Waals surface area contributed by atoms with Crippen LogP contribution in [-0.4, -0.2) is 69.3 Å². The van der Waals surface area contributed by atoms with E-state index in [1.165, 1.54) is 5.01 Å². The van der Waals surface area contributed by atoms with Gasteiger partial charge in [0.25, 0.3) is 17.7 Å². The summed E-state index contributed by atoms with van der Waals surface area (Å²) < 4.78 is 4.90. The Bertz CT molecular complexity index is 790. The van der Waals surface area contributed by atoms with Crippen LogP contribution in [0.5, 0.6) is 0 Å². The van der Waals surface area contributed by atoms with Crippen LogP contribution in [0, 0.1) is 0 Å². The molecule has 4 rings (SSSR count). The first-order valence-corrected chi connectivity index (χ1v) is 8.93. The topological polar surface area (TPSA) is 107 Å². The van der Waals surface area contributed by atoms with Gasteiger partial charge < -0.3 is 9.84 Å². The highest BCUT2D eigenvalue weighted by atomic mass is 16.7. The van der Waals surface area contributed by atoms with Crippen LogP contribution in [0.1, 0.15) is 46.4 Å². The van der Waals surface area contributed by atoms with Crippen molar-refractivity contribution in [1.82, 2.24) is 14.9 Å². The van der Waals surface area contributed by atoms with Gasteiger partial charge in [0.1, 0.15) is 6.04 Å². The van der Waals surface area contributed by atoms with E-state index in [4.69, 9.17) is 9.84 Å². The molecule has 1 aromatic carbocycles. The number of hydrogen-bond acceptors (Lipinski definition) is 6. The normalized spacial score (nSPS) is 25.9. The Kier molecular flexibility index (Phi) is 4.31. The smallest absolute Gasteiger partial charge is 0.450 e. The molecule has 0 saturated carbocycles. The second-order valence-corrected chi connectivity index (χ2v) is 6.80. The summed E-state index contributed by atoms with van der Waals surface area (Å²) in [7, 11) is 0. The lowest BCUT2D eigenvalue weighted by molar-refractivity contribution is -0.191. The molecule has 2 atom stereocenters. The molecule has 0 unspecified atom stereocenters. The molecule has 0 bridgehead atoms. The lowest BCUT2D eigenvalue weighted by Gasteiger charge is -2.43. The zero-order valence-corrected chi connectivity index (χ0v) is 14.5. The lowest BCUT2D eigenvalue weighted by Crippen LogP contribution is -2.60. The molecule has 0 spiro atoms. The number of nitrogens with zero attached hydrogens (tertiary/aromatic N) is 3. The molecule has 0 aromatic heterocycles. The van der Waals surface area contributed by atoms with E-state index in [0.717, 1.165) is 4.90 Å². The molecule has 3 aliphatic rings. The minimum absolute atomic E-state index is 0.286. The molecule has 9 nitrogen and oxygen atoms in total. The van der Waals surface area contributed by atoms with Crippen molar-refractivity contribution in [2.75, 3.05) is 13.1 Å². The fourth-order valence-corrected chi connectivity index (χ4v) is 4.06. The van der Waals surface area contributed by atoms with Gasteiger partial charge in [-0.3, -0.25) is 19.3 Å². The van der Waals surface area contributed by atoms with Crippen LogP contribution in [0.2, 0.25) is 0 Å². The summed E-state index contributed by atoms with van der Waals surface area (Å²) in [5.74, 6) is -1.46. The third-order valence-electron chi connectivity index (χ3n) is 5.22. The number of benzene rings is 1. The molecule has 27 heavy (non-hydrogen) atoms. The van der Waals surface area contributed by atoms with Crippen LogP contribution in [0.25, 0.3) is 0 Å².